The Bertz CT molecular complexity index is 231. The molecule has 4 heteroatoms. The molecule has 0 aliphatic carbocycles. The predicted octanol–water partition coefficient (Wildman–Crippen LogP) is 1.85. The van der Waals surface area contributed by atoms with Crippen molar-refractivity contribution in [3.05, 3.63) is 0 Å². The SMILES string of the molecule is CC(C)COCCN1CCC(CCC(=O)O)C1. The Balaban J connectivity index is 2.03. The Labute approximate surface area is 104 Å². The number of rotatable bonds is 8. The van der Waals surface area contributed by atoms with Crippen molar-refractivity contribution in [1.82, 2.24) is 4.90 Å². The van der Waals surface area contributed by atoms with Crippen LogP contribution in [0.3, 0.4) is 0 Å². The Hall–Kier alpha value is -0.610. The minimum absolute atomic E-state index is 0.308. The lowest BCUT2D eigenvalue weighted by atomic mass is 10.0. The maximum Gasteiger partial charge on any atom is 0.303 e. The van der Waals surface area contributed by atoms with Gasteiger partial charge in [0, 0.05) is 26.1 Å². The zero-order valence-corrected chi connectivity index (χ0v) is 11.0. The van der Waals surface area contributed by atoms with E-state index in [9.17, 15) is 4.79 Å². The lowest BCUT2D eigenvalue weighted by molar-refractivity contribution is -0.137. The molecular formula is C13H25NO3. The van der Waals surface area contributed by atoms with Crippen LogP contribution < -0.4 is 0 Å². The largest absolute Gasteiger partial charge is 0.481 e. The van der Waals surface area contributed by atoms with Gasteiger partial charge in [0.05, 0.1) is 6.61 Å². The minimum Gasteiger partial charge on any atom is -0.481 e. The molecule has 1 atom stereocenters. The molecule has 1 fully saturated rings. The second kappa shape index (κ2) is 7.67. The second-order valence-corrected chi connectivity index (χ2v) is 5.36. The van der Waals surface area contributed by atoms with Gasteiger partial charge < -0.3 is 14.7 Å². The third kappa shape index (κ3) is 6.64. The van der Waals surface area contributed by atoms with Crippen LogP contribution in [-0.4, -0.2) is 48.8 Å². The second-order valence-electron chi connectivity index (χ2n) is 5.36. The predicted molar refractivity (Wildman–Crippen MR) is 67.1 cm³/mol. The first-order valence-corrected chi connectivity index (χ1v) is 6.60. The summed E-state index contributed by atoms with van der Waals surface area (Å²) in [6, 6.07) is 0. The molecule has 17 heavy (non-hydrogen) atoms. The van der Waals surface area contributed by atoms with E-state index in [0.29, 0.717) is 18.3 Å². The van der Waals surface area contributed by atoms with Crippen LogP contribution in [-0.2, 0) is 9.53 Å². The fraction of sp³-hybridized carbons (Fsp3) is 0.923. The summed E-state index contributed by atoms with van der Waals surface area (Å²) in [5.74, 6) is 0.483. The molecule has 1 aliphatic heterocycles. The standard InChI is InChI=1S/C13H25NO3/c1-11(2)10-17-8-7-14-6-5-12(9-14)3-4-13(15)16/h11-12H,3-10H2,1-2H3,(H,15,16). The number of hydrogen-bond acceptors (Lipinski definition) is 3. The minimum atomic E-state index is -0.677. The van der Waals surface area contributed by atoms with Gasteiger partial charge in [-0.25, -0.2) is 0 Å². The molecule has 0 bridgehead atoms. The van der Waals surface area contributed by atoms with Gasteiger partial charge in [0.1, 0.15) is 0 Å². The van der Waals surface area contributed by atoms with Crippen molar-refractivity contribution >= 4 is 5.97 Å². The van der Waals surface area contributed by atoms with Crippen LogP contribution in [0.4, 0.5) is 0 Å². The van der Waals surface area contributed by atoms with Gasteiger partial charge in [-0.1, -0.05) is 13.8 Å². The third-order valence-corrected chi connectivity index (χ3v) is 3.14. The summed E-state index contributed by atoms with van der Waals surface area (Å²) < 4.78 is 5.55. The lowest BCUT2D eigenvalue weighted by Gasteiger charge is -2.16. The smallest absolute Gasteiger partial charge is 0.303 e. The summed E-state index contributed by atoms with van der Waals surface area (Å²) in [5.41, 5.74) is 0. The van der Waals surface area contributed by atoms with E-state index in [1.165, 1.54) is 0 Å². The highest BCUT2D eigenvalue weighted by atomic mass is 16.5. The number of carboxylic acids is 1. The summed E-state index contributed by atoms with van der Waals surface area (Å²) in [4.78, 5) is 12.9. The van der Waals surface area contributed by atoms with Crippen LogP contribution >= 0.6 is 0 Å². The van der Waals surface area contributed by atoms with Gasteiger partial charge in [-0.15, -0.1) is 0 Å². The van der Waals surface area contributed by atoms with Crippen molar-refractivity contribution in [3.63, 3.8) is 0 Å². The van der Waals surface area contributed by atoms with Crippen LogP contribution in [0.15, 0.2) is 0 Å². The van der Waals surface area contributed by atoms with E-state index < -0.39 is 5.97 Å². The Morgan fingerprint density at radius 1 is 1.53 bits per heavy atom. The van der Waals surface area contributed by atoms with Gasteiger partial charge in [-0.3, -0.25) is 4.79 Å². The van der Waals surface area contributed by atoms with Crippen molar-refractivity contribution in [3.8, 4) is 0 Å². The molecule has 1 rings (SSSR count). The molecule has 0 aromatic carbocycles. The molecule has 0 aromatic rings. The lowest BCUT2D eigenvalue weighted by Crippen LogP contribution is -2.25. The van der Waals surface area contributed by atoms with E-state index in [-0.39, 0.29) is 0 Å². The highest BCUT2D eigenvalue weighted by molar-refractivity contribution is 5.66. The Kier molecular flexibility index (Phi) is 6.52. The van der Waals surface area contributed by atoms with E-state index >= 15 is 0 Å². The number of aliphatic carboxylic acids is 1. The summed E-state index contributed by atoms with van der Waals surface area (Å²) >= 11 is 0. The van der Waals surface area contributed by atoms with E-state index in [0.717, 1.165) is 45.7 Å². The van der Waals surface area contributed by atoms with Crippen molar-refractivity contribution in [2.45, 2.75) is 33.1 Å². The normalized spacial score (nSPS) is 21.2. The van der Waals surface area contributed by atoms with Gasteiger partial charge in [0.15, 0.2) is 0 Å². The molecular weight excluding hydrogens is 218 g/mol. The molecule has 0 aromatic heterocycles. The molecule has 1 N–H and O–H groups in total. The number of carbonyl (C=O) groups is 1. The monoisotopic (exact) mass is 243 g/mol. The average Bonchev–Trinajstić information content (AvgIpc) is 2.69. The molecule has 0 saturated carbocycles. The molecule has 1 saturated heterocycles. The van der Waals surface area contributed by atoms with Crippen molar-refractivity contribution < 1.29 is 14.6 Å². The van der Waals surface area contributed by atoms with E-state index in [1.807, 2.05) is 0 Å². The Morgan fingerprint density at radius 3 is 2.94 bits per heavy atom. The van der Waals surface area contributed by atoms with Gasteiger partial charge >= 0.3 is 5.97 Å². The first kappa shape index (κ1) is 14.5. The highest BCUT2D eigenvalue weighted by Gasteiger charge is 2.22. The van der Waals surface area contributed by atoms with Gasteiger partial charge in [-0.2, -0.15) is 0 Å². The van der Waals surface area contributed by atoms with Crippen molar-refractivity contribution in [2.24, 2.45) is 11.8 Å². The van der Waals surface area contributed by atoms with E-state index in [4.69, 9.17) is 9.84 Å². The molecule has 1 unspecified atom stereocenters. The average molecular weight is 243 g/mol. The quantitative estimate of drug-likeness (QED) is 0.661. The Morgan fingerprint density at radius 2 is 2.29 bits per heavy atom. The third-order valence-electron chi connectivity index (χ3n) is 3.14. The zero-order chi connectivity index (χ0) is 12.7. The number of hydrogen-bond donors (Lipinski definition) is 1. The number of likely N-dealkylation sites (tertiary alicyclic amines) is 1. The number of nitrogens with zero attached hydrogens (tertiary/aromatic N) is 1. The zero-order valence-electron chi connectivity index (χ0n) is 11.0. The first-order chi connectivity index (χ1) is 8.08. The molecule has 1 aliphatic rings. The summed E-state index contributed by atoms with van der Waals surface area (Å²) in [6.45, 7) is 9.04. The van der Waals surface area contributed by atoms with E-state index in [2.05, 4.69) is 18.7 Å². The maximum atomic E-state index is 10.5. The number of carboxylic acid groups (broad SMARTS) is 1. The fourth-order valence-corrected chi connectivity index (χ4v) is 2.19. The fourth-order valence-electron chi connectivity index (χ4n) is 2.19. The van der Waals surface area contributed by atoms with Gasteiger partial charge in [0.2, 0.25) is 0 Å². The molecule has 100 valence electrons. The van der Waals surface area contributed by atoms with Gasteiger partial charge in [-0.05, 0) is 31.2 Å². The molecule has 4 nitrogen and oxygen atoms in total. The van der Waals surface area contributed by atoms with E-state index in [1.54, 1.807) is 0 Å². The van der Waals surface area contributed by atoms with Crippen LogP contribution in [0.5, 0.6) is 0 Å². The van der Waals surface area contributed by atoms with Crippen LogP contribution in [0.2, 0.25) is 0 Å². The summed E-state index contributed by atoms with van der Waals surface area (Å²) in [6.07, 6.45) is 2.26. The van der Waals surface area contributed by atoms with Crippen molar-refractivity contribution in [1.29, 1.82) is 0 Å². The molecule has 0 amide bonds. The number of ether oxygens (including phenoxy) is 1. The highest BCUT2D eigenvalue weighted by Crippen LogP contribution is 2.20. The summed E-state index contributed by atoms with van der Waals surface area (Å²) in [5, 5.41) is 8.63. The molecule has 0 spiro atoms. The van der Waals surface area contributed by atoms with Crippen molar-refractivity contribution in [2.75, 3.05) is 32.8 Å². The molecule has 0 radical (unpaired) electrons. The first-order valence-electron chi connectivity index (χ1n) is 6.60. The topological polar surface area (TPSA) is 49.8 Å². The van der Waals surface area contributed by atoms with Crippen LogP contribution in [0.25, 0.3) is 0 Å². The summed E-state index contributed by atoms with van der Waals surface area (Å²) in [7, 11) is 0. The maximum absolute atomic E-state index is 10.5. The van der Waals surface area contributed by atoms with Gasteiger partial charge in [0.25, 0.3) is 0 Å². The molecule has 1 heterocycles. The van der Waals surface area contributed by atoms with Crippen LogP contribution in [0.1, 0.15) is 33.1 Å². The van der Waals surface area contributed by atoms with Crippen LogP contribution in [0, 0.1) is 11.8 Å².